The fourth-order valence-electron chi connectivity index (χ4n) is 2.82. The summed E-state index contributed by atoms with van der Waals surface area (Å²) in [6.07, 6.45) is 0. The van der Waals surface area contributed by atoms with Crippen molar-refractivity contribution in [1.29, 1.82) is 0 Å². The van der Waals surface area contributed by atoms with Crippen LogP contribution in [0.5, 0.6) is 0 Å². The summed E-state index contributed by atoms with van der Waals surface area (Å²) in [6, 6.07) is 12.9. The SMILES string of the molecule is O=c1c2ccccc2nc2n1[C@@H](CSc1ccc(Cl)cc1Cl)CN2. The Labute approximate surface area is 152 Å². The van der Waals surface area contributed by atoms with Gasteiger partial charge in [-0.05, 0) is 30.3 Å². The van der Waals surface area contributed by atoms with Crippen LogP contribution in [0.4, 0.5) is 5.95 Å². The van der Waals surface area contributed by atoms with Crippen molar-refractivity contribution in [2.45, 2.75) is 10.9 Å². The molecule has 1 aliphatic rings. The molecule has 1 aliphatic heterocycles. The van der Waals surface area contributed by atoms with E-state index in [1.165, 1.54) is 0 Å². The van der Waals surface area contributed by atoms with Crippen LogP contribution in [0.3, 0.4) is 0 Å². The van der Waals surface area contributed by atoms with Crippen LogP contribution in [0.2, 0.25) is 10.0 Å². The van der Waals surface area contributed by atoms with Crippen molar-refractivity contribution < 1.29 is 0 Å². The summed E-state index contributed by atoms with van der Waals surface area (Å²) in [4.78, 5) is 18.3. The van der Waals surface area contributed by atoms with Crippen molar-refractivity contribution in [3.8, 4) is 0 Å². The summed E-state index contributed by atoms with van der Waals surface area (Å²) in [7, 11) is 0. The van der Waals surface area contributed by atoms with Crippen LogP contribution in [0.15, 0.2) is 52.2 Å². The molecule has 1 atom stereocenters. The van der Waals surface area contributed by atoms with Gasteiger partial charge in [-0.2, -0.15) is 0 Å². The minimum absolute atomic E-state index is 0.00611. The molecule has 3 aromatic rings. The van der Waals surface area contributed by atoms with Gasteiger partial charge in [0.15, 0.2) is 0 Å². The second kappa shape index (κ2) is 6.31. The lowest BCUT2D eigenvalue weighted by Gasteiger charge is -2.13. The van der Waals surface area contributed by atoms with Crippen molar-refractivity contribution in [3.63, 3.8) is 0 Å². The minimum atomic E-state index is -0.00611. The lowest BCUT2D eigenvalue weighted by Crippen LogP contribution is -2.24. The topological polar surface area (TPSA) is 46.9 Å². The average molecular weight is 378 g/mol. The molecule has 4 nitrogen and oxygen atoms in total. The first-order valence-electron chi connectivity index (χ1n) is 7.46. The molecule has 0 amide bonds. The highest BCUT2D eigenvalue weighted by Gasteiger charge is 2.25. The predicted molar refractivity (Wildman–Crippen MR) is 101 cm³/mol. The lowest BCUT2D eigenvalue weighted by molar-refractivity contribution is 0.619. The Morgan fingerprint density at radius 1 is 1.25 bits per heavy atom. The van der Waals surface area contributed by atoms with E-state index in [0.29, 0.717) is 27.9 Å². The smallest absolute Gasteiger partial charge is 0.263 e. The maximum absolute atomic E-state index is 12.8. The van der Waals surface area contributed by atoms with Crippen molar-refractivity contribution in [1.82, 2.24) is 9.55 Å². The summed E-state index contributed by atoms with van der Waals surface area (Å²) in [5.74, 6) is 1.35. The lowest BCUT2D eigenvalue weighted by atomic mass is 10.2. The van der Waals surface area contributed by atoms with Gasteiger partial charge in [0.05, 0.1) is 22.0 Å². The molecule has 0 aliphatic carbocycles. The molecule has 122 valence electrons. The summed E-state index contributed by atoms with van der Waals surface area (Å²) in [6.45, 7) is 0.677. The number of benzene rings is 2. The van der Waals surface area contributed by atoms with E-state index in [0.717, 1.165) is 16.2 Å². The second-order valence-corrected chi connectivity index (χ2v) is 7.45. The molecule has 4 rings (SSSR count). The van der Waals surface area contributed by atoms with Crippen molar-refractivity contribution >= 4 is 51.8 Å². The molecule has 1 aromatic heterocycles. The van der Waals surface area contributed by atoms with Gasteiger partial charge in [-0.15, -0.1) is 11.8 Å². The second-order valence-electron chi connectivity index (χ2n) is 5.55. The fraction of sp³-hybridized carbons (Fsp3) is 0.176. The predicted octanol–water partition coefficient (Wildman–Crippen LogP) is 4.46. The Morgan fingerprint density at radius 3 is 2.92 bits per heavy atom. The zero-order valence-electron chi connectivity index (χ0n) is 12.5. The van der Waals surface area contributed by atoms with E-state index in [1.807, 2.05) is 36.4 Å². The Hall–Kier alpha value is -1.69. The van der Waals surface area contributed by atoms with Crippen molar-refractivity contribution in [2.75, 3.05) is 17.6 Å². The summed E-state index contributed by atoms with van der Waals surface area (Å²) in [5.41, 5.74) is 0.712. The van der Waals surface area contributed by atoms with Gasteiger partial charge in [-0.25, -0.2) is 4.98 Å². The fourth-order valence-corrected chi connectivity index (χ4v) is 4.39. The Morgan fingerprint density at radius 2 is 2.08 bits per heavy atom. The number of halogens is 2. The Bertz CT molecular complexity index is 989. The number of aromatic nitrogens is 2. The van der Waals surface area contributed by atoms with Gasteiger partial charge in [0, 0.05) is 22.2 Å². The van der Waals surface area contributed by atoms with Crippen LogP contribution >= 0.6 is 35.0 Å². The van der Waals surface area contributed by atoms with Crippen LogP contribution in [-0.4, -0.2) is 21.8 Å². The van der Waals surface area contributed by atoms with E-state index in [9.17, 15) is 4.79 Å². The zero-order chi connectivity index (χ0) is 16.7. The van der Waals surface area contributed by atoms with Gasteiger partial charge < -0.3 is 5.32 Å². The molecule has 0 saturated carbocycles. The van der Waals surface area contributed by atoms with Gasteiger partial charge >= 0.3 is 0 Å². The van der Waals surface area contributed by atoms with Crippen LogP contribution in [-0.2, 0) is 0 Å². The number of para-hydroxylation sites is 1. The van der Waals surface area contributed by atoms with Gasteiger partial charge in [-0.3, -0.25) is 9.36 Å². The van der Waals surface area contributed by atoms with Crippen LogP contribution < -0.4 is 10.9 Å². The van der Waals surface area contributed by atoms with E-state index in [2.05, 4.69) is 10.3 Å². The number of anilines is 1. The van der Waals surface area contributed by atoms with E-state index >= 15 is 0 Å². The van der Waals surface area contributed by atoms with Crippen molar-refractivity contribution in [3.05, 3.63) is 62.9 Å². The summed E-state index contributed by atoms with van der Waals surface area (Å²) >= 11 is 13.8. The van der Waals surface area contributed by atoms with Gasteiger partial charge in [-0.1, -0.05) is 35.3 Å². The molecular formula is C17H13Cl2N3OS. The van der Waals surface area contributed by atoms with Crippen molar-refractivity contribution in [2.24, 2.45) is 0 Å². The number of fused-ring (bicyclic) bond motifs is 2. The van der Waals surface area contributed by atoms with Gasteiger partial charge in [0.2, 0.25) is 5.95 Å². The summed E-state index contributed by atoms with van der Waals surface area (Å²) < 4.78 is 1.75. The molecule has 0 saturated heterocycles. The van der Waals surface area contributed by atoms with Crippen LogP contribution in [0, 0.1) is 0 Å². The van der Waals surface area contributed by atoms with Gasteiger partial charge in [0.25, 0.3) is 5.56 Å². The number of thioether (sulfide) groups is 1. The molecule has 1 N–H and O–H groups in total. The van der Waals surface area contributed by atoms with Gasteiger partial charge in [0.1, 0.15) is 0 Å². The molecule has 0 unspecified atom stereocenters. The van der Waals surface area contributed by atoms with E-state index in [1.54, 1.807) is 22.4 Å². The molecule has 0 bridgehead atoms. The standard InChI is InChI=1S/C17H13Cl2N3OS/c18-10-5-6-15(13(19)7-10)24-9-11-8-20-17-21-14-4-2-1-3-12(14)16(23)22(11)17/h1-7,11H,8-9H2,(H,20,21)/t11-/m1/s1. The summed E-state index contributed by atoms with van der Waals surface area (Å²) in [5, 5.41) is 5.11. The highest BCUT2D eigenvalue weighted by Crippen LogP contribution is 2.33. The highest BCUT2D eigenvalue weighted by molar-refractivity contribution is 7.99. The molecule has 2 aromatic carbocycles. The molecular weight excluding hydrogens is 365 g/mol. The first-order valence-corrected chi connectivity index (χ1v) is 9.20. The maximum atomic E-state index is 12.8. The molecule has 0 radical (unpaired) electrons. The minimum Gasteiger partial charge on any atom is -0.353 e. The quantitative estimate of drug-likeness (QED) is 0.684. The number of rotatable bonds is 3. The largest absolute Gasteiger partial charge is 0.353 e. The number of nitrogens with one attached hydrogen (secondary N) is 1. The average Bonchev–Trinajstić information content (AvgIpc) is 2.97. The van der Waals surface area contributed by atoms with E-state index < -0.39 is 0 Å². The Kier molecular flexibility index (Phi) is 4.16. The molecule has 24 heavy (non-hydrogen) atoms. The number of hydrogen-bond donors (Lipinski definition) is 1. The number of hydrogen-bond acceptors (Lipinski definition) is 4. The zero-order valence-corrected chi connectivity index (χ0v) is 14.8. The van der Waals surface area contributed by atoms with E-state index in [-0.39, 0.29) is 11.6 Å². The number of nitrogens with zero attached hydrogens (tertiary/aromatic N) is 2. The monoisotopic (exact) mass is 377 g/mol. The first kappa shape index (κ1) is 15.8. The third-order valence-electron chi connectivity index (χ3n) is 3.99. The molecule has 7 heteroatoms. The molecule has 2 heterocycles. The first-order chi connectivity index (χ1) is 11.6. The van der Waals surface area contributed by atoms with E-state index in [4.69, 9.17) is 23.2 Å². The molecule has 0 fully saturated rings. The molecule has 0 spiro atoms. The maximum Gasteiger partial charge on any atom is 0.263 e. The van der Waals surface area contributed by atoms with Crippen LogP contribution in [0.25, 0.3) is 10.9 Å². The third-order valence-corrected chi connectivity index (χ3v) is 5.87. The Balaban J connectivity index is 1.64. The third kappa shape index (κ3) is 2.77. The normalized spacial score (nSPS) is 16.2. The van der Waals surface area contributed by atoms with Crippen LogP contribution in [0.1, 0.15) is 6.04 Å². The highest BCUT2D eigenvalue weighted by atomic mass is 35.5.